The Morgan fingerprint density at radius 2 is 2.07 bits per heavy atom. The molecule has 1 aliphatic heterocycles. The van der Waals surface area contributed by atoms with E-state index in [1.54, 1.807) is 12.2 Å². The molecule has 0 aromatic carbocycles. The quantitative estimate of drug-likeness (QED) is 0.194. The smallest absolute Gasteiger partial charge is 0.303 e. The molecule has 1 saturated carbocycles. The van der Waals surface area contributed by atoms with Gasteiger partial charge in [-0.25, -0.2) is 0 Å². The number of aliphatic hydroxyl groups excluding tert-OH is 3. The van der Waals surface area contributed by atoms with Crippen LogP contribution >= 0.6 is 0 Å². The highest BCUT2D eigenvalue weighted by atomic mass is 16.7. The van der Waals surface area contributed by atoms with Gasteiger partial charge in [0.15, 0.2) is 0 Å². The predicted molar refractivity (Wildman–Crippen MR) is 91.6 cm³/mol. The van der Waals surface area contributed by atoms with Crippen LogP contribution in [0.5, 0.6) is 0 Å². The number of carbonyl (C=O) groups excluding carboxylic acids is 1. The molecule has 1 saturated heterocycles. The van der Waals surface area contributed by atoms with Crippen LogP contribution in [0.2, 0.25) is 0 Å². The van der Waals surface area contributed by atoms with Crippen molar-refractivity contribution in [3.8, 4) is 0 Å². The number of rotatable bonds is 9. The maximum absolute atomic E-state index is 11.9. The van der Waals surface area contributed by atoms with Crippen LogP contribution in [0.1, 0.15) is 32.1 Å². The lowest BCUT2D eigenvalue weighted by Crippen LogP contribution is -2.65. The molecule has 0 aromatic heterocycles. The van der Waals surface area contributed by atoms with Crippen molar-refractivity contribution < 1.29 is 44.6 Å². The number of aliphatic hydroxyl groups is 4. The SMILES string of the molecule is O=C(O)CC1CCC(=O)C1CC=CCCO[C@@]1(O)[C@H](O)[C@@H](O)CO[C@@H]1CO. The summed E-state index contributed by atoms with van der Waals surface area (Å²) in [5.41, 5.74) is 0. The zero-order chi connectivity index (χ0) is 20.0. The molecule has 6 atom stereocenters. The van der Waals surface area contributed by atoms with Crippen LogP contribution in [-0.2, 0) is 19.1 Å². The minimum atomic E-state index is -2.21. The van der Waals surface area contributed by atoms with Crippen molar-refractivity contribution >= 4 is 11.8 Å². The molecule has 9 heteroatoms. The molecule has 0 radical (unpaired) electrons. The van der Waals surface area contributed by atoms with Crippen LogP contribution in [0.4, 0.5) is 0 Å². The predicted octanol–water partition coefficient (Wildman–Crippen LogP) is -0.789. The zero-order valence-corrected chi connectivity index (χ0v) is 15.1. The van der Waals surface area contributed by atoms with E-state index in [4.69, 9.17) is 14.6 Å². The first-order valence-electron chi connectivity index (χ1n) is 9.14. The lowest BCUT2D eigenvalue weighted by atomic mass is 9.89. The number of allylic oxidation sites excluding steroid dienone is 1. The Hall–Kier alpha value is -1.36. The molecule has 1 heterocycles. The summed E-state index contributed by atoms with van der Waals surface area (Å²) >= 11 is 0. The number of hydrogen-bond acceptors (Lipinski definition) is 8. The fourth-order valence-corrected chi connectivity index (χ4v) is 3.67. The van der Waals surface area contributed by atoms with Crippen molar-refractivity contribution in [2.45, 2.75) is 56.2 Å². The number of carboxylic acid groups (broad SMARTS) is 1. The summed E-state index contributed by atoms with van der Waals surface area (Å²) in [6.07, 6.45) is 1.22. The van der Waals surface area contributed by atoms with Crippen LogP contribution in [0.3, 0.4) is 0 Å². The summed E-state index contributed by atoms with van der Waals surface area (Å²) in [6, 6.07) is 0. The Bertz CT molecular complexity index is 545. The minimum absolute atomic E-state index is 0.00614. The van der Waals surface area contributed by atoms with E-state index in [1.165, 1.54) is 0 Å². The molecule has 0 aromatic rings. The van der Waals surface area contributed by atoms with E-state index >= 15 is 0 Å². The molecule has 154 valence electrons. The van der Waals surface area contributed by atoms with E-state index < -0.39 is 36.7 Å². The van der Waals surface area contributed by atoms with Gasteiger partial charge in [-0.1, -0.05) is 12.2 Å². The Labute approximate surface area is 157 Å². The second-order valence-corrected chi connectivity index (χ2v) is 7.08. The van der Waals surface area contributed by atoms with Crippen molar-refractivity contribution in [3.63, 3.8) is 0 Å². The number of carbonyl (C=O) groups is 2. The highest BCUT2D eigenvalue weighted by Gasteiger charge is 2.52. The minimum Gasteiger partial charge on any atom is -0.481 e. The van der Waals surface area contributed by atoms with Gasteiger partial charge in [0, 0.05) is 18.8 Å². The second-order valence-electron chi connectivity index (χ2n) is 7.08. The van der Waals surface area contributed by atoms with Gasteiger partial charge in [-0.3, -0.25) is 9.59 Å². The van der Waals surface area contributed by atoms with Gasteiger partial charge < -0.3 is 35.0 Å². The highest BCUT2D eigenvalue weighted by molar-refractivity contribution is 5.84. The van der Waals surface area contributed by atoms with E-state index in [0.717, 1.165) is 0 Å². The van der Waals surface area contributed by atoms with Gasteiger partial charge >= 0.3 is 5.97 Å². The topological polar surface area (TPSA) is 154 Å². The first-order valence-corrected chi connectivity index (χ1v) is 9.14. The van der Waals surface area contributed by atoms with Crippen molar-refractivity contribution in [3.05, 3.63) is 12.2 Å². The lowest BCUT2D eigenvalue weighted by molar-refractivity contribution is -0.353. The van der Waals surface area contributed by atoms with Crippen molar-refractivity contribution in [1.82, 2.24) is 0 Å². The van der Waals surface area contributed by atoms with Gasteiger partial charge in [0.2, 0.25) is 5.79 Å². The molecule has 2 aliphatic rings. The summed E-state index contributed by atoms with van der Waals surface area (Å²) < 4.78 is 10.4. The standard InChI is InChI=1S/C18H28O9/c19-9-15-18(25,17(24)14(21)10-26-15)27-7-3-1-2-4-12-11(8-16(22)23)5-6-13(12)20/h1-2,11-12,14-15,17,19,21,24-25H,3-10H2,(H,22,23)/t11?,12?,14-,15+,17+,18+/m0/s1. The number of ketones is 1. The van der Waals surface area contributed by atoms with Crippen LogP contribution in [0, 0.1) is 11.8 Å². The molecular weight excluding hydrogens is 360 g/mol. The van der Waals surface area contributed by atoms with E-state index in [2.05, 4.69) is 0 Å². The van der Waals surface area contributed by atoms with Crippen molar-refractivity contribution in [1.29, 1.82) is 0 Å². The second kappa shape index (κ2) is 9.72. The van der Waals surface area contributed by atoms with Gasteiger partial charge in [-0.2, -0.15) is 0 Å². The third-order valence-electron chi connectivity index (χ3n) is 5.24. The van der Waals surface area contributed by atoms with Gasteiger partial charge in [0.05, 0.1) is 19.8 Å². The van der Waals surface area contributed by atoms with Crippen LogP contribution in [-0.4, -0.2) is 81.2 Å². The van der Waals surface area contributed by atoms with Gasteiger partial charge in [0.25, 0.3) is 0 Å². The summed E-state index contributed by atoms with van der Waals surface area (Å²) in [7, 11) is 0. The van der Waals surface area contributed by atoms with Crippen molar-refractivity contribution in [2.24, 2.45) is 11.8 Å². The molecule has 2 unspecified atom stereocenters. The maximum Gasteiger partial charge on any atom is 0.303 e. The first kappa shape index (κ1) is 21.9. The molecule has 0 spiro atoms. The Balaban J connectivity index is 1.80. The zero-order valence-electron chi connectivity index (χ0n) is 15.1. The molecule has 5 N–H and O–H groups in total. The van der Waals surface area contributed by atoms with E-state index in [0.29, 0.717) is 25.7 Å². The fraction of sp³-hybridized carbons (Fsp3) is 0.778. The highest BCUT2D eigenvalue weighted by Crippen LogP contribution is 2.34. The van der Waals surface area contributed by atoms with E-state index in [-0.39, 0.29) is 37.3 Å². The monoisotopic (exact) mass is 388 g/mol. The molecule has 27 heavy (non-hydrogen) atoms. The number of ether oxygens (including phenoxy) is 2. The van der Waals surface area contributed by atoms with Crippen LogP contribution in [0.15, 0.2) is 12.2 Å². The van der Waals surface area contributed by atoms with Gasteiger partial charge in [-0.15, -0.1) is 0 Å². The Morgan fingerprint density at radius 3 is 2.74 bits per heavy atom. The third-order valence-corrected chi connectivity index (χ3v) is 5.24. The molecule has 2 fully saturated rings. The van der Waals surface area contributed by atoms with Crippen LogP contribution < -0.4 is 0 Å². The van der Waals surface area contributed by atoms with Gasteiger partial charge in [0.1, 0.15) is 24.1 Å². The van der Waals surface area contributed by atoms with Gasteiger partial charge in [-0.05, 0) is 25.2 Å². The number of hydrogen-bond donors (Lipinski definition) is 5. The summed E-state index contributed by atoms with van der Waals surface area (Å²) in [4.78, 5) is 22.8. The number of Topliss-reactive ketones (excluding diaryl/α,β-unsaturated/α-hetero) is 1. The largest absolute Gasteiger partial charge is 0.481 e. The van der Waals surface area contributed by atoms with Crippen LogP contribution in [0.25, 0.3) is 0 Å². The van der Waals surface area contributed by atoms with Crippen molar-refractivity contribution in [2.75, 3.05) is 19.8 Å². The third kappa shape index (κ3) is 5.34. The Kier molecular flexibility index (Phi) is 7.90. The summed E-state index contributed by atoms with van der Waals surface area (Å²) in [5, 5.41) is 48.2. The summed E-state index contributed by atoms with van der Waals surface area (Å²) in [6.45, 7) is -0.802. The average Bonchev–Trinajstić information content (AvgIpc) is 2.95. The molecule has 1 aliphatic carbocycles. The molecule has 9 nitrogen and oxygen atoms in total. The Morgan fingerprint density at radius 1 is 1.33 bits per heavy atom. The molecular formula is C18H28O9. The van der Waals surface area contributed by atoms with E-state index in [1.807, 2.05) is 0 Å². The molecule has 0 bridgehead atoms. The lowest BCUT2D eigenvalue weighted by Gasteiger charge is -2.43. The number of carboxylic acids is 1. The average molecular weight is 388 g/mol. The molecule has 0 amide bonds. The maximum atomic E-state index is 11.9. The fourth-order valence-electron chi connectivity index (χ4n) is 3.67. The number of aliphatic carboxylic acids is 1. The molecule has 2 rings (SSSR count). The normalized spacial score (nSPS) is 37.2. The first-order chi connectivity index (χ1) is 12.8. The summed E-state index contributed by atoms with van der Waals surface area (Å²) in [5.74, 6) is -3.46. The van der Waals surface area contributed by atoms with E-state index in [9.17, 15) is 30.0 Å².